The van der Waals surface area contributed by atoms with E-state index in [1.807, 2.05) is 32.3 Å². The molecule has 74 valence electrons. The van der Waals surface area contributed by atoms with Gasteiger partial charge in [0.2, 0.25) is 0 Å². The van der Waals surface area contributed by atoms with Crippen molar-refractivity contribution in [1.29, 1.82) is 5.26 Å². The lowest BCUT2D eigenvalue weighted by Gasteiger charge is -2.11. The van der Waals surface area contributed by atoms with Gasteiger partial charge in [-0.3, -0.25) is 0 Å². The summed E-state index contributed by atoms with van der Waals surface area (Å²) in [5, 5.41) is 11.9. The summed E-state index contributed by atoms with van der Waals surface area (Å²) in [5.74, 6) is 0. The fourth-order valence-electron chi connectivity index (χ4n) is 1.12. The number of hydrogen-bond acceptors (Lipinski definition) is 3. The number of nitrogens with zero attached hydrogens (tertiary/aromatic N) is 2. The molecule has 14 heavy (non-hydrogen) atoms. The second-order valence-electron chi connectivity index (χ2n) is 3.42. The molecule has 1 N–H and O–H groups in total. The minimum Gasteiger partial charge on any atom is -0.384 e. The van der Waals surface area contributed by atoms with Crippen LogP contribution in [-0.4, -0.2) is 32.1 Å². The Kier molecular flexibility index (Phi) is 3.96. The third-order valence-corrected chi connectivity index (χ3v) is 1.88. The second-order valence-corrected chi connectivity index (χ2v) is 3.42. The zero-order valence-corrected chi connectivity index (χ0v) is 8.62. The molecular weight excluding hydrogens is 174 g/mol. The van der Waals surface area contributed by atoms with E-state index in [1.54, 1.807) is 6.07 Å². The van der Waals surface area contributed by atoms with Crippen LogP contribution in [0.4, 0.5) is 5.69 Å². The standard InChI is InChI=1S/C11H15N3/c1-14(2)7-6-13-11-5-3-4-10(8-11)9-12/h3-5,8,13H,6-7H2,1-2H3. The molecule has 0 amide bonds. The van der Waals surface area contributed by atoms with Gasteiger partial charge in [-0.05, 0) is 32.3 Å². The van der Waals surface area contributed by atoms with Gasteiger partial charge in [0.05, 0.1) is 11.6 Å². The number of benzene rings is 1. The smallest absolute Gasteiger partial charge is 0.0992 e. The van der Waals surface area contributed by atoms with Crippen LogP contribution in [0, 0.1) is 11.3 Å². The summed E-state index contributed by atoms with van der Waals surface area (Å²) in [6.45, 7) is 1.87. The highest BCUT2D eigenvalue weighted by Gasteiger charge is 1.94. The van der Waals surface area contributed by atoms with Gasteiger partial charge in [-0.15, -0.1) is 0 Å². The quantitative estimate of drug-likeness (QED) is 0.780. The summed E-state index contributed by atoms with van der Waals surface area (Å²) in [7, 11) is 4.07. The van der Waals surface area contributed by atoms with E-state index < -0.39 is 0 Å². The first-order valence-corrected chi connectivity index (χ1v) is 4.61. The largest absolute Gasteiger partial charge is 0.384 e. The van der Waals surface area contributed by atoms with Gasteiger partial charge in [0.1, 0.15) is 0 Å². The molecule has 0 spiro atoms. The summed E-state index contributed by atoms with van der Waals surface area (Å²) in [4.78, 5) is 2.11. The lowest BCUT2D eigenvalue weighted by atomic mass is 10.2. The van der Waals surface area contributed by atoms with Crippen LogP contribution in [0.25, 0.3) is 0 Å². The Labute approximate surface area is 85.0 Å². The monoisotopic (exact) mass is 189 g/mol. The third kappa shape index (κ3) is 3.46. The van der Waals surface area contributed by atoms with Gasteiger partial charge in [-0.25, -0.2) is 0 Å². The average Bonchev–Trinajstić information content (AvgIpc) is 2.18. The number of nitriles is 1. The molecule has 0 radical (unpaired) electrons. The van der Waals surface area contributed by atoms with Gasteiger partial charge in [-0.2, -0.15) is 5.26 Å². The van der Waals surface area contributed by atoms with Crippen molar-refractivity contribution in [2.24, 2.45) is 0 Å². The van der Waals surface area contributed by atoms with Crippen LogP contribution in [0.15, 0.2) is 24.3 Å². The Morgan fingerprint density at radius 3 is 2.86 bits per heavy atom. The summed E-state index contributed by atoms with van der Waals surface area (Å²) in [6.07, 6.45) is 0. The third-order valence-electron chi connectivity index (χ3n) is 1.88. The van der Waals surface area contributed by atoms with Crippen molar-refractivity contribution in [3.8, 4) is 6.07 Å². The van der Waals surface area contributed by atoms with Crippen LogP contribution in [0.1, 0.15) is 5.56 Å². The Hall–Kier alpha value is -1.53. The fourth-order valence-corrected chi connectivity index (χ4v) is 1.12. The molecule has 1 aromatic carbocycles. The van der Waals surface area contributed by atoms with Crippen LogP contribution in [0.2, 0.25) is 0 Å². The first kappa shape index (κ1) is 10.6. The van der Waals surface area contributed by atoms with Crippen LogP contribution in [0.5, 0.6) is 0 Å². The molecule has 0 bridgehead atoms. The van der Waals surface area contributed by atoms with Crippen LogP contribution >= 0.6 is 0 Å². The zero-order chi connectivity index (χ0) is 10.4. The first-order valence-electron chi connectivity index (χ1n) is 4.61. The molecular formula is C11H15N3. The van der Waals surface area contributed by atoms with E-state index in [0.29, 0.717) is 5.56 Å². The number of rotatable bonds is 4. The summed E-state index contributed by atoms with van der Waals surface area (Å²) >= 11 is 0. The van der Waals surface area contributed by atoms with Crippen LogP contribution < -0.4 is 5.32 Å². The molecule has 1 aromatic rings. The van der Waals surface area contributed by atoms with E-state index in [4.69, 9.17) is 5.26 Å². The van der Waals surface area contributed by atoms with E-state index >= 15 is 0 Å². The highest BCUT2D eigenvalue weighted by atomic mass is 15.1. The van der Waals surface area contributed by atoms with Crippen molar-refractivity contribution in [2.75, 3.05) is 32.5 Å². The van der Waals surface area contributed by atoms with Crippen molar-refractivity contribution >= 4 is 5.69 Å². The number of hydrogen-bond donors (Lipinski definition) is 1. The maximum absolute atomic E-state index is 8.69. The Morgan fingerprint density at radius 1 is 1.43 bits per heavy atom. The molecule has 1 rings (SSSR count). The fraction of sp³-hybridized carbons (Fsp3) is 0.364. The lowest BCUT2D eigenvalue weighted by Crippen LogP contribution is -2.20. The molecule has 3 nitrogen and oxygen atoms in total. The lowest BCUT2D eigenvalue weighted by molar-refractivity contribution is 0.425. The Balaban J connectivity index is 2.47. The summed E-state index contributed by atoms with van der Waals surface area (Å²) in [6, 6.07) is 9.63. The van der Waals surface area contributed by atoms with E-state index in [1.165, 1.54) is 0 Å². The number of anilines is 1. The highest BCUT2D eigenvalue weighted by molar-refractivity contribution is 5.48. The second kappa shape index (κ2) is 5.25. The summed E-state index contributed by atoms with van der Waals surface area (Å²) in [5.41, 5.74) is 1.70. The predicted molar refractivity (Wildman–Crippen MR) is 58.2 cm³/mol. The van der Waals surface area contributed by atoms with Crippen molar-refractivity contribution in [3.05, 3.63) is 29.8 Å². The highest BCUT2D eigenvalue weighted by Crippen LogP contribution is 2.08. The molecule has 0 aromatic heterocycles. The molecule has 0 aliphatic carbocycles. The van der Waals surface area contributed by atoms with E-state index in [-0.39, 0.29) is 0 Å². The van der Waals surface area contributed by atoms with E-state index in [9.17, 15) is 0 Å². The topological polar surface area (TPSA) is 39.1 Å². The minimum atomic E-state index is 0.694. The predicted octanol–water partition coefficient (Wildman–Crippen LogP) is 1.53. The molecule has 0 saturated carbocycles. The van der Waals surface area contributed by atoms with E-state index in [2.05, 4.69) is 16.3 Å². The molecule has 0 fully saturated rings. The molecule has 0 saturated heterocycles. The van der Waals surface area contributed by atoms with Crippen LogP contribution in [-0.2, 0) is 0 Å². The SMILES string of the molecule is CN(C)CCNc1cccc(C#N)c1. The van der Waals surface area contributed by atoms with Gasteiger partial charge < -0.3 is 10.2 Å². The van der Waals surface area contributed by atoms with Crippen molar-refractivity contribution in [2.45, 2.75) is 0 Å². The van der Waals surface area contributed by atoms with Gasteiger partial charge >= 0.3 is 0 Å². The maximum atomic E-state index is 8.69. The normalized spacial score (nSPS) is 9.86. The molecule has 0 aliphatic heterocycles. The maximum Gasteiger partial charge on any atom is 0.0992 e. The molecule has 0 aliphatic rings. The van der Waals surface area contributed by atoms with Gasteiger partial charge in [-0.1, -0.05) is 6.07 Å². The molecule has 3 heteroatoms. The van der Waals surface area contributed by atoms with Crippen LogP contribution in [0.3, 0.4) is 0 Å². The van der Waals surface area contributed by atoms with Gasteiger partial charge in [0.15, 0.2) is 0 Å². The number of likely N-dealkylation sites (N-methyl/N-ethyl adjacent to an activating group) is 1. The molecule has 0 heterocycles. The van der Waals surface area contributed by atoms with E-state index in [0.717, 1.165) is 18.8 Å². The Bertz CT molecular complexity index is 326. The zero-order valence-electron chi connectivity index (χ0n) is 8.62. The van der Waals surface area contributed by atoms with Crippen molar-refractivity contribution in [1.82, 2.24) is 4.90 Å². The van der Waals surface area contributed by atoms with Gasteiger partial charge in [0.25, 0.3) is 0 Å². The molecule has 0 unspecified atom stereocenters. The first-order chi connectivity index (χ1) is 6.72. The molecule has 0 atom stereocenters. The Morgan fingerprint density at radius 2 is 2.21 bits per heavy atom. The number of nitrogens with one attached hydrogen (secondary N) is 1. The van der Waals surface area contributed by atoms with Crippen molar-refractivity contribution < 1.29 is 0 Å². The average molecular weight is 189 g/mol. The minimum absolute atomic E-state index is 0.694. The summed E-state index contributed by atoms with van der Waals surface area (Å²) < 4.78 is 0. The van der Waals surface area contributed by atoms with Gasteiger partial charge in [0, 0.05) is 18.8 Å². The van der Waals surface area contributed by atoms with Crippen molar-refractivity contribution in [3.63, 3.8) is 0 Å².